The van der Waals surface area contributed by atoms with Crippen LogP contribution in [0.25, 0.3) is 0 Å². The highest BCUT2D eigenvalue weighted by atomic mass is 16.3. The van der Waals surface area contributed by atoms with E-state index in [0.29, 0.717) is 37.7 Å². The minimum absolute atomic E-state index is 0.0335. The molecule has 1 aromatic rings. The van der Waals surface area contributed by atoms with Crippen molar-refractivity contribution < 1.29 is 38.7 Å². The van der Waals surface area contributed by atoms with Gasteiger partial charge in [0.05, 0.1) is 12.6 Å². The second kappa shape index (κ2) is 27.6. The standard InChI is InChI=1S/C40H70N16O8/c1-4-8-28(35(61)54-56(22-24-13-15-25(57)16-14-24)40(64)53-30(21-41)34(60)50-27(32(43)58)17-12-23(2)3)51-33(59)29(10-6-19-49-39(46)47)52-36(62)31-11-7-20-55(31)37(63)26(42)9-5-18-48-38(44)45/h13-16,23,26-31,57H,4-12,17-22,41-42H2,1-3H3,(H2,43,58)(H,50,60)(H,51,59)(H,52,62)(H,53,64)(H,54,61)(H4,44,45,48)(H4,46,47,49)/t26-,27-,28-,29-,30-,31-/m0/s1. The number of aliphatic imine (C=N–C) groups is 2. The highest BCUT2D eigenvalue weighted by Gasteiger charge is 2.38. The number of hydrogen-bond donors (Lipinski definition) is 13. The lowest BCUT2D eigenvalue weighted by Gasteiger charge is -2.30. The van der Waals surface area contributed by atoms with Crippen LogP contribution in [-0.2, 0) is 35.3 Å². The first-order valence-electron chi connectivity index (χ1n) is 21.5. The molecule has 6 atom stereocenters. The Kier molecular flexibility index (Phi) is 23.2. The van der Waals surface area contributed by atoms with Gasteiger partial charge in [0.15, 0.2) is 11.9 Å². The van der Waals surface area contributed by atoms with Crippen LogP contribution in [0.5, 0.6) is 5.75 Å². The number of nitrogens with one attached hydrogen (secondary N) is 5. The summed E-state index contributed by atoms with van der Waals surface area (Å²) in [7, 11) is 0. The third-order valence-corrected chi connectivity index (χ3v) is 10.2. The van der Waals surface area contributed by atoms with Crippen LogP contribution in [0.1, 0.15) is 90.5 Å². The summed E-state index contributed by atoms with van der Waals surface area (Å²) in [5.41, 5.74) is 42.3. The first-order valence-corrected chi connectivity index (χ1v) is 21.5. The molecule has 1 aromatic carbocycles. The highest BCUT2D eigenvalue weighted by Crippen LogP contribution is 2.20. The lowest BCUT2D eigenvalue weighted by atomic mass is 10.0. The Morgan fingerprint density at radius 2 is 1.34 bits per heavy atom. The maximum Gasteiger partial charge on any atom is 0.337 e. The number of phenolic OH excluding ortho intramolecular Hbond substituents is 1. The Balaban J connectivity index is 2.32. The Morgan fingerprint density at radius 3 is 1.91 bits per heavy atom. The molecule has 1 heterocycles. The molecule has 358 valence electrons. The Bertz CT molecular complexity index is 1770. The number of amides is 8. The number of carbonyl (C=O) groups excluding carboxylic acids is 7. The molecule has 1 aliphatic rings. The number of aromatic hydroxyl groups is 1. The topological polar surface area (TPSA) is 413 Å². The van der Waals surface area contributed by atoms with E-state index in [9.17, 15) is 38.7 Å². The number of benzene rings is 1. The van der Waals surface area contributed by atoms with Gasteiger partial charge in [-0.25, -0.2) is 9.80 Å². The van der Waals surface area contributed by atoms with Gasteiger partial charge in [-0.1, -0.05) is 39.3 Å². The van der Waals surface area contributed by atoms with Gasteiger partial charge < -0.3 is 71.4 Å². The maximum atomic E-state index is 14.0. The molecule has 0 spiro atoms. The number of nitrogens with zero attached hydrogens (tertiary/aromatic N) is 4. The van der Waals surface area contributed by atoms with Crippen LogP contribution in [0.2, 0.25) is 0 Å². The van der Waals surface area contributed by atoms with E-state index in [4.69, 9.17) is 40.1 Å². The zero-order valence-corrected chi connectivity index (χ0v) is 37.1. The number of carbonyl (C=O) groups is 7. The number of urea groups is 1. The van der Waals surface area contributed by atoms with Crippen LogP contribution >= 0.6 is 0 Å². The highest BCUT2D eigenvalue weighted by molar-refractivity contribution is 5.96. The first-order chi connectivity index (χ1) is 30.3. The van der Waals surface area contributed by atoms with Crippen molar-refractivity contribution in [2.75, 3.05) is 26.2 Å². The zero-order valence-electron chi connectivity index (χ0n) is 37.1. The van der Waals surface area contributed by atoms with Crippen molar-refractivity contribution in [3.63, 3.8) is 0 Å². The smallest absolute Gasteiger partial charge is 0.337 e. The predicted molar refractivity (Wildman–Crippen MR) is 240 cm³/mol. The number of nitrogens with two attached hydrogens (primary N) is 7. The van der Waals surface area contributed by atoms with Gasteiger partial charge in [-0.2, -0.15) is 0 Å². The second-order valence-corrected chi connectivity index (χ2v) is 16.0. The van der Waals surface area contributed by atoms with Crippen molar-refractivity contribution in [1.29, 1.82) is 0 Å². The second-order valence-electron chi connectivity index (χ2n) is 16.0. The van der Waals surface area contributed by atoms with Gasteiger partial charge in [0.1, 0.15) is 36.0 Å². The van der Waals surface area contributed by atoms with Crippen LogP contribution in [0, 0.1) is 5.92 Å². The average molecular weight is 903 g/mol. The third-order valence-electron chi connectivity index (χ3n) is 10.2. The molecule has 2 rings (SSSR count). The third kappa shape index (κ3) is 18.9. The van der Waals surface area contributed by atoms with Crippen molar-refractivity contribution in [3.8, 4) is 5.75 Å². The largest absolute Gasteiger partial charge is 0.508 e. The molecule has 1 saturated heterocycles. The minimum atomic E-state index is -1.36. The summed E-state index contributed by atoms with van der Waals surface area (Å²) in [6.45, 7) is 5.66. The molecule has 20 N–H and O–H groups in total. The molecule has 24 nitrogen and oxygen atoms in total. The summed E-state index contributed by atoms with van der Waals surface area (Å²) >= 11 is 0. The molecule has 0 saturated carbocycles. The molecule has 1 fully saturated rings. The van der Waals surface area contributed by atoms with Crippen molar-refractivity contribution >= 4 is 53.4 Å². The monoisotopic (exact) mass is 903 g/mol. The number of likely N-dealkylation sites (tertiary alicyclic amines) is 1. The van der Waals surface area contributed by atoms with Crippen molar-refractivity contribution in [2.24, 2.45) is 56.0 Å². The number of hydrazine groups is 1. The summed E-state index contributed by atoms with van der Waals surface area (Å²) in [6.07, 6.45) is 3.13. The Labute approximate surface area is 373 Å². The number of rotatable bonds is 26. The van der Waals surface area contributed by atoms with Gasteiger partial charge in [0.2, 0.25) is 29.5 Å². The SMILES string of the molecule is CCC[C@H](NC(=O)[C@H](CCCN=C(N)N)NC(=O)[C@@H]1CCCN1C(=O)[C@@H](N)CCCN=C(N)N)C(=O)NN(Cc1ccc(O)cc1)C(=O)N[C@@H](CN)C(=O)N[C@@H](CCC(C)C)C(N)=O. The Hall–Kier alpha value is -6.43. The number of guanidine groups is 2. The molecular weight excluding hydrogens is 833 g/mol. The summed E-state index contributed by atoms with van der Waals surface area (Å²) in [5.74, 6) is -4.25. The molecule has 24 heteroatoms. The fourth-order valence-electron chi connectivity index (χ4n) is 6.70. The van der Waals surface area contributed by atoms with Crippen LogP contribution in [0.15, 0.2) is 34.3 Å². The quantitative estimate of drug-likeness (QED) is 0.0189. The van der Waals surface area contributed by atoms with Gasteiger partial charge in [-0.15, -0.1) is 0 Å². The predicted octanol–water partition coefficient (Wildman–Crippen LogP) is -3.14. The number of hydrogen-bond acceptors (Lipinski definition) is 12. The maximum absolute atomic E-state index is 14.0. The van der Waals surface area contributed by atoms with Crippen LogP contribution in [0.3, 0.4) is 0 Å². The summed E-state index contributed by atoms with van der Waals surface area (Å²) < 4.78 is 0. The van der Waals surface area contributed by atoms with E-state index in [1.54, 1.807) is 6.92 Å². The fourth-order valence-corrected chi connectivity index (χ4v) is 6.70. The van der Waals surface area contributed by atoms with Crippen molar-refractivity contribution in [2.45, 2.75) is 128 Å². The van der Waals surface area contributed by atoms with E-state index < -0.39 is 77.7 Å². The molecule has 1 aliphatic heterocycles. The summed E-state index contributed by atoms with van der Waals surface area (Å²) in [6, 6.07) is -1.92. The average Bonchev–Trinajstić information content (AvgIpc) is 3.73. The van der Waals surface area contributed by atoms with Crippen LogP contribution in [0.4, 0.5) is 4.79 Å². The normalized spacial score (nSPS) is 15.7. The molecule has 0 bridgehead atoms. The van der Waals surface area contributed by atoms with E-state index in [1.165, 1.54) is 29.2 Å². The minimum Gasteiger partial charge on any atom is -0.508 e. The Morgan fingerprint density at radius 1 is 0.766 bits per heavy atom. The van der Waals surface area contributed by atoms with Crippen LogP contribution < -0.4 is 66.8 Å². The number of primary amides is 1. The first kappa shape index (κ1) is 53.7. The number of phenols is 1. The molecule has 0 aliphatic carbocycles. The van der Waals surface area contributed by atoms with Gasteiger partial charge in [0, 0.05) is 26.2 Å². The summed E-state index contributed by atoms with van der Waals surface area (Å²) in [4.78, 5) is 104. The van der Waals surface area contributed by atoms with E-state index in [0.717, 1.165) is 5.01 Å². The summed E-state index contributed by atoms with van der Waals surface area (Å²) in [5, 5.41) is 21.2. The van der Waals surface area contributed by atoms with Crippen molar-refractivity contribution in [1.82, 2.24) is 36.6 Å². The van der Waals surface area contributed by atoms with Gasteiger partial charge in [-0.3, -0.25) is 44.2 Å². The van der Waals surface area contributed by atoms with Gasteiger partial charge in [-0.05, 0) is 81.4 Å². The lowest BCUT2D eigenvalue weighted by Crippen LogP contribution is -2.61. The zero-order chi connectivity index (χ0) is 47.9. The van der Waals surface area contributed by atoms with Crippen LogP contribution in [-0.4, -0.2) is 131 Å². The molecule has 64 heavy (non-hydrogen) atoms. The molecule has 8 amide bonds. The molecule has 0 unspecified atom stereocenters. The van der Waals surface area contributed by atoms with Gasteiger partial charge >= 0.3 is 6.03 Å². The van der Waals surface area contributed by atoms with E-state index in [1.807, 2.05) is 13.8 Å². The molecule has 0 aromatic heterocycles. The molecule has 0 radical (unpaired) electrons. The van der Waals surface area contributed by atoms with E-state index >= 15 is 0 Å². The van der Waals surface area contributed by atoms with E-state index in [-0.39, 0.29) is 88.4 Å². The van der Waals surface area contributed by atoms with Gasteiger partial charge in [0.25, 0.3) is 5.91 Å². The van der Waals surface area contributed by atoms with E-state index in [2.05, 4.69) is 36.7 Å². The fraction of sp³-hybridized carbons (Fsp3) is 0.625. The lowest BCUT2D eigenvalue weighted by molar-refractivity contribution is -0.140. The van der Waals surface area contributed by atoms with Crippen molar-refractivity contribution in [3.05, 3.63) is 29.8 Å². The molecular formula is C40H70N16O8.